The predicted molar refractivity (Wildman–Crippen MR) is 101 cm³/mol. The molecule has 0 fully saturated rings. The van der Waals surface area contributed by atoms with E-state index in [-0.39, 0.29) is 5.56 Å². The quantitative estimate of drug-likeness (QED) is 0.375. The van der Waals surface area contributed by atoms with E-state index in [0.29, 0.717) is 33.0 Å². The lowest BCUT2D eigenvalue weighted by Crippen LogP contribution is -2.17. The van der Waals surface area contributed by atoms with Crippen LogP contribution in [-0.4, -0.2) is 22.1 Å². The second-order valence-corrected chi connectivity index (χ2v) is 6.96. The van der Waals surface area contributed by atoms with Gasteiger partial charge in [-0.05, 0) is 43.2 Å². The summed E-state index contributed by atoms with van der Waals surface area (Å²) >= 11 is 1.17. The molecule has 0 bridgehead atoms. The normalized spacial score (nSPS) is 10.9. The van der Waals surface area contributed by atoms with Crippen LogP contribution in [0.5, 0.6) is 11.5 Å². The van der Waals surface area contributed by atoms with Gasteiger partial charge in [0.05, 0.1) is 18.3 Å². The summed E-state index contributed by atoms with van der Waals surface area (Å²) in [7, 11) is 1.63. The second-order valence-electron chi connectivity index (χ2n) is 5.96. The number of esters is 1. The van der Waals surface area contributed by atoms with Crippen molar-refractivity contribution in [3.63, 3.8) is 0 Å². The summed E-state index contributed by atoms with van der Waals surface area (Å²) in [5, 5.41) is 0.464. The number of ether oxygens (including phenoxy) is 2. The Morgan fingerprint density at radius 3 is 2.62 bits per heavy atom. The van der Waals surface area contributed by atoms with Crippen molar-refractivity contribution < 1.29 is 14.3 Å². The predicted octanol–water partition coefficient (Wildman–Crippen LogP) is 3.70. The van der Waals surface area contributed by atoms with Gasteiger partial charge in [0.15, 0.2) is 0 Å². The Hall–Kier alpha value is -2.67. The zero-order valence-electron chi connectivity index (χ0n) is 14.9. The van der Waals surface area contributed by atoms with Gasteiger partial charge in [-0.25, -0.2) is 9.78 Å². The Balaban J connectivity index is 1.78. The van der Waals surface area contributed by atoms with E-state index in [1.807, 2.05) is 0 Å². The molecule has 2 aromatic heterocycles. The number of carbonyl (C=O) groups is 1. The van der Waals surface area contributed by atoms with Gasteiger partial charge in [0.1, 0.15) is 21.2 Å². The molecule has 0 radical (unpaired) electrons. The van der Waals surface area contributed by atoms with Crippen molar-refractivity contribution in [2.24, 2.45) is 7.05 Å². The minimum Gasteiger partial charge on any atom is -0.494 e. The van der Waals surface area contributed by atoms with E-state index >= 15 is 0 Å². The van der Waals surface area contributed by atoms with Crippen molar-refractivity contribution in [2.75, 3.05) is 6.61 Å². The molecule has 0 aliphatic carbocycles. The lowest BCUT2D eigenvalue weighted by molar-refractivity contribution is 0.0739. The van der Waals surface area contributed by atoms with E-state index in [0.717, 1.165) is 18.6 Å². The Bertz CT molecular complexity index is 989. The maximum Gasteiger partial charge on any atom is 0.354 e. The van der Waals surface area contributed by atoms with Crippen LogP contribution in [0.1, 0.15) is 35.0 Å². The first kappa shape index (κ1) is 18.1. The van der Waals surface area contributed by atoms with Gasteiger partial charge in [-0.15, -0.1) is 11.3 Å². The Morgan fingerprint density at radius 2 is 1.92 bits per heavy atom. The number of unbranched alkanes of at least 4 members (excludes halogenated alkanes) is 1. The van der Waals surface area contributed by atoms with Crippen LogP contribution in [0.15, 0.2) is 35.4 Å². The third kappa shape index (κ3) is 3.62. The summed E-state index contributed by atoms with van der Waals surface area (Å²) in [6.45, 7) is 4.51. The standard InChI is InChI=1S/C19H20N2O4S/c1-4-5-10-24-13-6-8-14(9-7-13)25-19(23)16-12(2)15-17(26-16)20-11-21(3)18(15)22/h6-9,11H,4-5,10H2,1-3H3. The van der Waals surface area contributed by atoms with Gasteiger partial charge in [0.25, 0.3) is 5.56 Å². The van der Waals surface area contributed by atoms with Gasteiger partial charge in [0, 0.05) is 7.05 Å². The highest BCUT2D eigenvalue weighted by molar-refractivity contribution is 7.20. The number of rotatable bonds is 6. The first-order valence-corrected chi connectivity index (χ1v) is 9.22. The van der Waals surface area contributed by atoms with E-state index in [4.69, 9.17) is 9.47 Å². The van der Waals surface area contributed by atoms with Crippen molar-refractivity contribution in [3.05, 3.63) is 51.4 Å². The average molecular weight is 372 g/mol. The summed E-state index contributed by atoms with van der Waals surface area (Å²) in [6, 6.07) is 6.93. The van der Waals surface area contributed by atoms with Crippen LogP contribution < -0.4 is 15.0 Å². The molecule has 0 saturated heterocycles. The monoisotopic (exact) mass is 372 g/mol. The summed E-state index contributed by atoms with van der Waals surface area (Å²) in [5.74, 6) is 0.673. The molecule has 3 rings (SSSR count). The van der Waals surface area contributed by atoms with Gasteiger partial charge in [0.2, 0.25) is 0 Å². The number of carbonyl (C=O) groups excluding carboxylic acids is 1. The van der Waals surface area contributed by atoms with E-state index in [2.05, 4.69) is 11.9 Å². The largest absolute Gasteiger partial charge is 0.494 e. The molecule has 136 valence electrons. The fourth-order valence-corrected chi connectivity index (χ4v) is 3.51. The number of hydrogen-bond donors (Lipinski definition) is 0. The number of thiophene rings is 1. The number of hydrogen-bond acceptors (Lipinski definition) is 6. The van der Waals surface area contributed by atoms with E-state index < -0.39 is 5.97 Å². The molecule has 7 heteroatoms. The Kier molecular flexibility index (Phi) is 5.37. The molecule has 26 heavy (non-hydrogen) atoms. The highest BCUT2D eigenvalue weighted by atomic mass is 32.1. The fourth-order valence-electron chi connectivity index (χ4n) is 2.50. The highest BCUT2D eigenvalue weighted by Gasteiger charge is 2.20. The SMILES string of the molecule is CCCCOc1ccc(OC(=O)c2sc3ncn(C)c(=O)c3c2C)cc1. The van der Waals surface area contributed by atoms with Crippen LogP contribution in [0, 0.1) is 6.92 Å². The molecule has 0 spiro atoms. The van der Waals surface area contributed by atoms with Crippen LogP contribution in [0.2, 0.25) is 0 Å². The van der Waals surface area contributed by atoms with Crippen LogP contribution in [0.3, 0.4) is 0 Å². The molecule has 3 aromatic rings. The number of nitrogens with zero attached hydrogens (tertiary/aromatic N) is 2. The highest BCUT2D eigenvalue weighted by Crippen LogP contribution is 2.28. The van der Waals surface area contributed by atoms with Crippen LogP contribution in [0.25, 0.3) is 10.2 Å². The van der Waals surface area contributed by atoms with E-state index in [1.54, 1.807) is 38.2 Å². The maximum atomic E-state index is 12.5. The lowest BCUT2D eigenvalue weighted by Gasteiger charge is -2.07. The maximum absolute atomic E-state index is 12.5. The molecular weight excluding hydrogens is 352 g/mol. The van der Waals surface area contributed by atoms with Crippen LogP contribution >= 0.6 is 11.3 Å². The zero-order valence-corrected chi connectivity index (χ0v) is 15.8. The van der Waals surface area contributed by atoms with Gasteiger partial charge in [-0.3, -0.25) is 4.79 Å². The van der Waals surface area contributed by atoms with Crippen LogP contribution in [-0.2, 0) is 7.05 Å². The molecule has 0 saturated carbocycles. The molecule has 2 heterocycles. The van der Waals surface area contributed by atoms with E-state index in [1.165, 1.54) is 22.2 Å². The molecular formula is C19H20N2O4S. The van der Waals surface area contributed by atoms with Crippen molar-refractivity contribution >= 4 is 27.5 Å². The molecule has 0 aliphatic rings. The van der Waals surface area contributed by atoms with E-state index in [9.17, 15) is 9.59 Å². The summed E-state index contributed by atoms with van der Waals surface area (Å²) in [4.78, 5) is 29.9. The second kappa shape index (κ2) is 7.70. The number of benzene rings is 1. The Morgan fingerprint density at radius 1 is 1.23 bits per heavy atom. The summed E-state index contributed by atoms with van der Waals surface area (Å²) in [6.07, 6.45) is 3.52. The Labute approximate surface area is 155 Å². The molecule has 1 aromatic carbocycles. The van der Waals surface area contributed by atoms with Crippen molar-refractivity contribution in [1.29, 1.82) is 0 Å². The fraction of sp³-hybridized carbons (Fsp3) is 0.316. The summed E-state index contributed by atoms with van der Waals surface area (Å²) < 4.78 is 12.4. The summed E-state index contributed by atoms with van der Waals surface area (Å²) in [5.41, 5.74) is 0.430. The van der Waals surface area contributed by atoms with Gasteiger partial charge in [-0.2, -0.15) is 0 Å². The van der Waals surface area contributed by atoms with Gasteiger partial charge < -0.3 is 14.0 Å². The van der Waals surface area contributed by atoms with Gasteiger partial charge >= 0.3 is 5.97 Å². The topological polar surface area (TPSA) is 70.4 Å². The average Bonchev–Trinajstić information content (AvgIpc) is 2.97. The molecule has 0 aliphatic heterocycles. The number of fused-ring (bicyclic) bond motifs is 1. The number of aryl methyl sites for hydroxylation is 2. The lowest BCUT2D eigenvalue weighted by atomic mass is 10.2. The van der Waals surface area contributed by atoms with Crippen LogP contribution in [0.4, 0.5) is 0 Å². The minimum atomic E-state index is -0.493. The van der Waals surface area contributed by atoms with Crippen molar-refractivity contribution in [1.82, 2.24) is 9.55 Å². The molecule has 0 unspecified atom stereocenters. The first-order chi connectivity index (χ1) is 12.5. The molecule has 6 nitrogen and oxygen atoms in total. The van der Waals surface area contributed by atoms with Gasteiger partial charge in [-0.1, -0.05) is 13.3 Å². The third-order valence-electron chi connectivity index (χ3n) is 4.00. The zero-order chi connectivity index (χ0) is 18.7. The molecule has 0 N–H and O–H groups in total. The third-order valence-corrected chi connectivity index (χ3v) is 5.18. The smallest absolute Gasteiger partial charge is 0.354 e. The first-order valence-electron chi connectivity index (χ1n) is 8.41. The molecule has 0 amide bonds. The van der Waals surface area contributed by atoms with Crippen molar-refractivity contribution in [3.8, 4) is 11.5 Å². The number of aromatic nitrogens is 2. The molecule has 0 atom stereocenters. The van der Waals surface area contributed by atoms with Crippen molar-refractivity contribution in [2.45, 2.75) is 26.7 Å². The minimum absolute atomic E-state index is 0.170.